The first kappa shape index (κ1) is 26.2. The van der Waals surface area contributed by atoms with E-state index in [4.69, 9.17) is 23.4 Å². The second-order valence-corrected chi connectivity index (χ2v) is 11.3. The third-order valence-electron chi connectivity index (χ3n) is 7.32. The van der Waals surface area contributed by atoms with Crippen LogP contribution in [0.15, 0.2) is 12.1 Å². The van der Waals surface area contributed by atoms with Gasteiger partial charge in [-0.15, -0.1) is 0 Å². The number of hydrogen-bond acceptors (Lipinski definition) is 7. The van der Waals surface area contributed by atoms with E-state index in [-0.39, 0.29) is 6.61 Å². The van der Waals surface area contributed by atoms with Gasteiger partial charge < -0.3 is 28.3 Å². The van der Waals surface area contributed by atoms with Gasteiger partial charge in [0.25, 0.3) is 0 Å². The number of benzene rings is 1. The average molecular weight is 459 g/mol. The number of nitrogens with zero attached hydrogens (tertiary/aromatic N) is 1. The molecule has 1 aromatic carbocycles. The minimum atomic E-state index is -0.638. The molecule has 2 heterocycles. The first-order valence-corrected chi connectivity index (χ1v) is 11.7. The molecule has 2 aliphatic rings. The topological polar surface area (TPSA) is 66.5 Å². The van der Waals surface area contributed by atoms with Crippen LogP contribution in [0.3, 0.4) is 0 Å². The Balaban J connectivity index is 2.20. The standard InChI is InChI=1S/C24H39B2NO6/c1-12-29-20(28)16-13-18(25-30-21(2,3)22(4,5)31-25)17(15-27(10)11)19(14-16)26-32-23(6,7)24(8,9)33-26/h13-14H,12,15H2,1-11H3. The fourth-order valence-electron chi connectivity index (χ4n) is 3.91. The molecular weight excluding hydrogens is 420 g/mol. The van der Waals surface area contributed by atoms with Crippen molar-refractivity contribution in [2.24, 2.45) is 0 Å². The van der Waals surface area contributed by atoms with E-state index in [1.807, 2.05) is 81.6 Å². The smallest absolute Gasteiger partial charge is 0.462 e. The summed E-state index contributed by atoms with van der Waals surface area (Å²) in [5, 5.41) is 0. The Labute approximate surface area is 199 Å². The zero-order valence-electron chi connectivity index (χ0n) is 22.1. The Morgan fingerprint density at radius 1 is 0.818 bits per heavy atom. The fourth-order valence-corrected chi connectivity index (χ4v) is 3.91. The molecule has 2 saturated heterocycles. The van der Waals surface area contributed by atoms with E-state index in [9.17, 15) is 4.79 Å². The molecule has 0 atom stereocenters. The number of rotatable bonds is 6. The van der Waals surface area contributed by atoms with Crippen LogP contribution in [0.2, 0.25) is 0 Å². The van der Waals surface area contributed by atoms with Crippen LogP contribution in [0.4, 0.5) is 0 Å². The zero-order chi connectivity index (χ0) is 25.0. The zero-order valence-corrected chi connectivity index (χ0v) is 22.1. The van der Waals surface area contributed by atoms with Crippen molar-refractivity contribution in [2.45, 2.75) is 91.3 Å². The highest BCUT2D eigenvalue weighted by Gasteiger charge is 2.55. The first-order chi connectivity index (χ1) is 15.0. The van der Waals surface area contributed by atoms with Crippen molar-refractivity contribution >= 4 is 31.1 Å². The van der Waals surface area contributed by atoms with Gasteiger partial charge in [0.15, 0.2) is 0 Å². The Morgan fingerprint density at radius 3 is 1.48 bits per heavy atom. The molecule has 0 N–H and O–H groups in total. The van der Waals surface area contributed by atoms with Gasteiger partial charge in [0.05, 0.1) is 34.6 Å². The number of carbonyl (C=O) groups excluding carboxylic acids is 1. The number of esters is 1. The molecule has 2 fully saturated rings. The van der Waals surface area contributed by atoms with Crippen LogP contribution in [0.5, 0.6) is 0 Å². The molecule has 0 radical (unpaired) electrons. The highest BCUT2D eigenvalue weighted by molar-refractivity contribution is 6.67. The van der Waals surface area contributed by atoms with Crippen LogP contribution in [-0.2, 0) is 29.9 Å². The lowest BCUT2D eigenvalue weighted by Crippen LogP contribution is -2.47. The van der Waals surface area contributed by atoms with Crippen molar-refractivity contribution in [3.63, 3.8) is 0 Å². The van der Waals surface area contributed by atoms with Crippen molar-refractivity contribution < 1.29 is 28.1 Å². The van der Waals surface area contributed by atoms with Gasteiger partial charge in [-0.05, 0) is 105 Å². The first-order valence-electron chi connectivity index (χ1n) is 11.7. The maximum absolute atomic E-state index is 12.8. The molecule has 9 heteroatoms. The Morgan fingerprint density at radius 2 is 1.18 bits per heavy atom. The summed E-state index contributed by atoms with van der Waals surface area (Å²) >= 11 is 0. The SMILES string of the molecule is CCOC(=O)c1cc(B2OC(C)(C)C(C)(C)O2)c(CN(C)C)c(B2OC(C)(C)C(C)(C)O2)c1. The quantitative estimate of drug-likeness (QED) is 0.479. The minimum Gasteiger partial charge on any atom is -0.462 e. The Hall–Kier alpha value is -1.38. The molecule has 7 nitrogen and oxygen atoms in total. The monoisotopic (exact) mass is 459 g/mol. The molecular formula is C24H39B2NO6. The Bertz CT molecular complexity index is 823. The van der Waals surface area contributed by atoms with Crippen molar-refractivity contribution in [3.8, 4) is 0 Å². The normalized spacial score (nSPS) is 22.8. The summed E-state index contributed by atoms with van der Waals surface area (Å²) in [7, 11) is 2.73. The van der Waals surface area contributed by atoms with Crippen LogP contribution >= 0.6 is 0 Å². The highest BCUT2D eigenvalue weighted by Crippen LogP contribution is 2.38. The van der Waals surface area contributed by atoms with Gasteiger partial charge in [0.2, 0.25) is 0 Å². The second-order valence-electron chi connectivity index (χ2n) is 11.3. The lowest BCUT2D eigenvalue weighted by Gasteiger charge is -2.32. The van der Waals surface area contributed by atoms with E-state index in [0.717, 1.165) is 16.5 Å². The molecule has 0 spiro atoms. The lowest BCUT2D eigenvalue weighted by atomic mass is 9.66. The van der Waals surface area contributed by atoms with E-state index < -0.39 is 42.6 Å². The third-order valence-corrected chi connectivity index (χ3v) is 7.32. The van der Waals surface area contributed by atoms with Gasteiger partial charge in [-0.25, -0.2) is 4.79 Å². The summed E-state index contributed by atoms with van der Waals surface area (Å²) < 4.78 is 30.9. The van der Waals surface area contributed by atoms with E-state index in [2.05, 4.69) is 4.90 Å². The van der Waals surface area contributed by atoms with Gasteiger partial charge in [-0.3, -0.25) is 0 Å². The summed E-state index contributed by atoms with van der Waals surface area (Å²) in [5.74, 6) is -0.399. The minimum absolute atomic E-state index is 0.288. The van der Waals surface area contributed by atoms with Crippen LogP contribution in [-0.4, -0.2) is 68.2 Å². The molecule has 0 bridgehead atoms. The summed E-state index contributed by atoms with van der Waals surface area (Å²) in [5.41, 5.74) is 0.901. The predicted molar refractivity (Wildman–Crippen MR) is 131 cm³/mol. The second kappa shape index (κ2) is 8.68. The summed E-state index contributed by atoms with van der Waals surface area (Å²) in [4.78, 5) is 14.9. The van der Waals surface area contributed by atoms with Crippen molar-refractivity contribution in [1.82, 2.24) is 4.90 Å². The third kappa shape index (κ3) is 4.89. The molecule has 3 rings (SSSR count). The summed E-state index contributed by atoms with van der Waals surface area (Å²) in [6, 6.07) is 3.65. The molecule has 0 saturated carbocycles. The molecule has 0 amide bonds. The van der Waals surface area contributed by atoms with E-state index in [1.165, 1.54) is 0 Å². The van der Waals surface area contributed by atoms with E-state index in [0.29, 0.717) is 12.1 Å². The van der Waals surface area contributed by atoms with Crippen molar-refractivity contribution in [2.75, 3.05) is 20.7 Å². The van der Waals surface area contributed by atoms with Crippen LogP contribution in [0.1, 0.15) is 78.2 Å². The van der Waals surface area contributed by atoms with E-state index >= 15 is 0 Å². The maximum Gasteiger partial charge on any atom is 0.495 e. The predicted octanol–water partition coefficient (Wildman–Crippen LogP) is 2.52. The van der Waals surface area contributed by atoms with Gasteiger partial charge in [0, 0.05) is 6.54 Å². The van der Waals surface area contributed by atoms with Gasteiger partial charge in [-0.2, -0.15) is 0 Å². The highest BCUT2D eigenvalue weighted by atomic mass is 16.7. The van der Waals surface area contributed by atoms with Gasteiger partial charge in [-0.1, -0.05) is 0 Å². The summed E-state index contributed by atoms with van der Waals surface area (Å²) in [6.45, 7) is 18.8. The fraction of sp³-hybridized carbons (Fsp3) is 0.708. The van der Waals surface area contributed by atoms with Crippen LogP contribution in [0, 0.1) is 0 Å². The van der Waals surface area contributed by atoms with E-state index in [1.54, 1.807) is 6.92 Å². The van der Waals surface area contributed by atoms with Crippen molar-refractivity contribution in [1.29, 1.82) is 0 Å². The molecule has 1 aromatic rings. The lowest BCUT2D eigenvalue weighted by molar-refractivity contribution is 0.00578. The number of carbonyl (C=O) groups is 1. The van der Waals surface area contributed by atoms with Gasteiger partial charge >= 0.3 is 20.2 Å². The number of ether oxygens (including phenoxy) is 1. The molecule has 2 aliphatic heterocycles. The molecule has 182 valence electrons. The Kier molecular flexibility index (Phi) is 6.90. The molecule has 0 unspecified atom stereocenters. The van der Waals surface area contributed by atoms with Crippen LogP contribution < -0.4 is 10.9 Å². The molecule has 0 aromatic heterocycles. The van der Waals surface area contributed by atoms with Crippen LogP contribution in [0.25, 0.3) is 0 Å². The number of hydrogen-bond donors (Lipinski definition) is 0. The largest absolute Gasteiger partial charge is 0.495 e. The van der Waals surface area contributed by atoms with Crippen molar-refractivity contribution in [3.05, 3.63) is 23.3 Å². The average Bonchev–Trinajstić information content (AvgIpc) is 3.00. The van der Waals surface area contributed by atoms with Gasteiger partial charge in [0.1, 0.15) is 0 Å². The maximum atomic E-state index is 12.8. The summed E-state index contributed by atoms with van der Waals surface area (Å²) in [6.07, 6.45) is 0. The molecule has 0 aliphatic carbocycles. The molecule has 33 heavy (non-hydrogen) atoms.